The van der Waals surface area contributed by atoms with Crippen molar-refractivity contribution in [3.05, 3.63) is 35.1 Å². The lowest BCUT2D eigenvalue weighted by atomic mass is 10.2. The van der Waals surface area contributed by atoms with Crippen molar-refractivity contribution in [1.29, 1.82) is 0 Å². The number of likely N-dealkylation sites (N-methyl/N-ethyl adjacent to an activating group) is 1. The molecule has 94 valence electrons. The molecule has 0 bridgehead atoms. The summed E-state index contributed by atoms with van der Waals surface area (Å²) in [4.78, 5) is 12.9. The van der Waals surface area contributed by atoms with E-state index in [1.54, 1.807) is 0 Å². The first-order valence-corrected chi connectivity index (χ1v) is 4.86. The van der Waals surface area contributed by atoms with E-state index >= 15 is 0 Å². The fourth-order valence-corrected chi connectivity index (χ4v) is 1.23. The topological polar surface area (TPSA) is 29.5 Å². The predicted molar refractivity (Wildman–Crippen MR) is 55.2 cm³/mol. The fourth-order valence-electron chi connectivity index (χ4n) is 1.23. The zero-order valence-corrected chi connectivity index (χ0v) is 9.47. The van der Waals surface area contributed by atoms with Crippen molar-refractivity contribution in [3.8, 4) is 0 Å². The lowest BCUT2D eigenvalue weighted by Gasteiger charge is -2.16. The van der Waals surface area contributed by atoms with Gasteiger partial charge >= 0.3 is 0 Å². The van der Waals surface area contributed by atoms with Gasteiger partial charge in [-0.15, -0.1) is 0 Å². The van der Waals surface area contributed by atoms with E-state index in [0.29, 0.717) is 18.7 Å². The minimum atomic E-state index is -1.58. The fraction of sp³-hybridized carbons (Fsp3) is 0.364. The Morgan fingerprint density at radius 3 is 2.29 bits per heavy atom. The molecule has 0 fully saturated rings. The normalized spacial score (nSPS) is 10.4. The molecule has 3 nitrogen and oxygen atoms in total. The van der Waals surface area contributed by atoms with Crippen LogP contribution in [0.3, 0.4) is 0 Å². The van der Waals surface area contributed by atoms with Crippen molar-refractivity contribution in [2.45, 2.75) is 0 Å². The summed E-state index contributed by atoms with van der Waals surface area (Å²) in [6.45, 7) is 0.574. The number of nitrogens with zero attached hydrogens (tertiary/aromatic N) is 1. The van der Waals surface area contributed by atoms with Gasteiger partial charge in [-0.3, -0.25) is 4.79 Å². The first-order chi connectivity index (χ1) is 7.97. The molecule has 1 aromatic rings. The second kappa shape index (κ2) is 5.67. The highest BCUT2D eigenvalue weighted by molar-refractivity contribution is 5.94. The molecule has 0 heterocycles. The molecule has 17 heavy (non-hydrogen) atoms. The summed E-state index contributed by atoms with van der Waals surface area (Å²) in [7, 11) is 2.93. The van der Waals surface area contributed by atoms with Gasteiger partial charge in [0.2, 0.25) is 0 Å². The van der Waals surface area contributed by atoms with Crippen molar-refractivity contribution in [2.75, 3.05) is 27.3 Å². The van der Waals surface area contributed by atoms with Crippen LogP contribution in [0.2, 0.25) is 0 Å². The first-order valence-electron chi connectivity index (χ1n) is 4.86. The minimum Gasteiger partial charge on any atom is -0.383 e. The van der Waals surface area contributed by atoms with Crippen molar-refractivity contribution >= 4 is 5.91 Å². The molecular formula is C11H12F3NO2. The van der Waals surface area contributed by atoms with Gasteiger partial charge in [0.05, 0.1) is 6.61 Å². The standard InChI is InChI=1S/C11H12F3NO2/c1-15(3-4-17-2)11(16)7-5-8(12)10(14)9(13)6-7/h5-6H,3-4H2,1-2H3. The van der Waals surface area contributed by atoms with E-state index < -0.39 is 23.4 Å². The summed E-state index contributed by atoms with van der Waals surface area (Å²) in [5, 5.41) is 0. The molecule has 1 amide bonds. The van der Waals surface area contributed by atoms with Crippen molar-refractivity contribution in [2.24, 2.45) is 0 Å². The third-order valence-corrected chi connectivity index (χ3v) is 2.21. The van der Waals surface area contributed by atoms with E-state index in [0.717, 1.165) is 0 Å². The third-order valence-electron chi connectivity index (χ3n) is 2.21. The number of hydrogen-bond acceptors (Lipinski definition) is 2. The van der Waals surface area contributed by atoms with E-state index in [2.05, 4.69) is 0 Å². The molecule has 0 unspecified atom stereocenters. The third kappa shape index (κ3) is 3.20. The van der Waals surface area contributed by atoms with E-state index in [9.17, 15) is 18.0 Å². The molecule has 1 aromatic carbocycles. The number of carbonyl (C=O) groups is 1. The summed E-state index contributed by atoms with van der Waals surface area (Å²) in [5.41, 5.74) is -0.236. The van der Waals surface area contributed by atoms with E-state index in [4.69, 9.17) is 4.74 Å². The quantitative estimate of drug-likeness (QED) is 0.759. The van der Waals surface area contributed by atoms with Crippen LogP contribution in [-0.2, 0) is 4.74 Å². The Morgan fingerprint density at radius 1 is 1.29 bits per heavy atom. The van der Waals surface area contributed by atoms with Crippen LogP contribution in [0.5, 0.6) is 0 Å². The van der Waals surface area contributed by atoms with Crippen LogP contribution in [0, 0.1) is 17.5 Å². The molecule has 0 N–H and O–H groups in total. The smallest absolute Gasteiger partial charge is 0.253 e. The van der Waals surface area contributed by atoms with Gasteiger partial charge in [0, 0.05) is 26.3 Å². The lowest BCUT2D eigenvalue weighted by molar-refractivity contribution is 0.0743. The summed E-state index contributed by atoms with van der Waals surface area (Å²) < 4.78 is 43.3. The predicted octanol–water partition coefficient (Wildman–Crippen LogP) is 1.82. The Bertz CT molecular complexity index is 400. The van der Waals surface area contributed by atoms with Gasteiger partial charge in [-0.05, 0) is 12.1 Å². The number of amides is 1. The maximum Gasteiger partial charge on any atom is 0.253 e. The van der Waals surface area contributed by atoms with Crippen LogP contribution in [0.1, 0.15) is 10.4 Å². The van der Waals surface area contributed by atoms with Crippen molar-refractivity contribution in [3.63, 3.8) is 0 Å². The number of halogens is 3. The Balaban J connectivity index is 2.89. The van der Waals surface area contributed by atoms with Crippen LogP contribution in [0.25, 0.3) is 0 Å². The zero-order valence-electron chi connectivity index (χ0n) is 9.47. The Labute approximate surface area is 96.8 Å². The summed E-state index contributed by atoms with van der Waals surface area (Å²) in [5.74, 6) is -4.94. The average Bonchev–Trinajstić information content (AvgIpc) is 2.31. The molecule has 0 saturated heterocycles. The summed E-state index contributed by atoms with van der Waals surface area (Å²) >= 11 is 0. The monoisotopic (exact) mass is 247 g/mol. The molecule has 6 heteroatoms. The molecule has 1 rings (SSSR count). The summed E-state index contributed by atoms with van der Waals surface area (Å²) in [6.07, 6.45) is 0. The Morgan fingerprint density at radius 2 is 1.82 bits per heavy atom. The minimum absolute atomic E-state index is 0.236. The first kappa shape index (κ1) is 13.5. The zero-order chi connectivity index (χ0) is 13.0. The van der Waals surface area contributed by atoms with Gasteiger partial charge in [0.1, 0.15) is 0 Å². The highest BCUT2D eigenvalue weighted by atomic mass is 19.2. The maximum absolute atomic E-state index is 12.9. The second-order valence-electron chi connectivity index (χ2n) is 3.47. The SMILES string of the molecule is COCCN(C)C(=O)c1cc(F)c(F)c(F)c1. The van der Waals surface area contributed by atoms with Gasteiger partial charge < -0.3 is 9.64 Å². The van der Waals surface area contributed by atoms with Crippen LogP contribution < -0.4 is 0 Å². The molecule has 0 aliphatic rings. The molecule has 0 aliphatic carbocycles. The van der Waals surface area contributed by atoms with Gasteiger partial charge in [-0.2, -0.15) is 0 Å². The van der Waals surface area contributed by atoms with E-state index in [1.807, 2.05) is 0 Å². The van der Waals surface area contributed by atoms with Gasteiger partial charge in [0.15, 0.2) is 17.5 Å². The number of methoxy groups -OCH3 is 1. The molecule has 0 radical (unpaired) electrons. The highest BCUT2D eigenvalue weighted by Gasteiger charge is 2.17. The largest absolute Gasteiger partial charge is 0.383 e. The number of benzene rings is 1. The van der Waals surface area contributed by atoms with Crippen molar-refractivity contribution < 1.29 is 22.7 Å². The number of rotatable bonds is 4. The maximum atomic E-state index is 12.9. The number of hydrogen-bond donors (Lipinski definition) is 0. The molecule has 0 saturated carbocycles. The second-order valence-corrected chi connectivity index (χ2v) is 3.47. The summed E-state index contributed by atoms with van der Waals surface area (Å²) in [6, 6.07) is 1.34. The van der Waals surface area contributed by atoms with Crippen molar-refractivity contribution in [1.82, 2.24) is 4.90 Å². The van der Waals surface area contributed by atoms with Gasteiger partial charge in [-0.1, -0.05) is 0 Å². The van der Waals surface area contributed by atoms with Crippen LogP contribution in [-0.4, -0.2) is 38.1 Å². The molecule has 0 spiro atoms. The van der Waals surface area contributed by atoms with Crippen LogP contribution >= 0.6 is 0 Å². The van der Waals surface area contributed by atoms with Crippen LogP contribution in [0.4, 0.5) is 13.2 Å². The molecule has 0 aliphatic heterocycles. The Hall–Kier alpha value is -1.56. The van der Waals surface area contributed by atoms with E-state index in [1.165, 1.54) is 19.1 Å². The van der Waals surface area contributed by atoms with Gasteiger partial charge in [0.25, 0.3) is 5.91 Å². The van der Waals surface area contributed by atoms with Crippen LogP contribution in [0.15, 0.2) is 12.1 Å². The van der Waals surface area contributed by atoms with E-state index in [-0.39, 0.29) is 12.1 Å². The molecule has 0 atom stereocenters. The van der Waals surface area contributed by atoms with Gasteiger partial charge in [-0.25, -0.2) is 13.2 Å². The lowest BCUT2D eigenvalue weighted by Crippen LogP contribution is -2.30. The highest BCUT2D eigenvalue weighted by Crippen LogP contribution is 2.14. The number of carbonyl (C=O) groups excluding carboxylic acids is 1. The molecule has 0 aromatic heterocycles. The average molecular weight is 247 g/mol. The molecular weight excluding hydrogens is 235 g/mol. The number of ether oxygens (including phenoxy) is 1. The Kier molecular flexibility index (Phi) is 4.51.